The molecule has 3 nitrogen and oxygen atoms in total. The second-order valence-electron chi connectivity index (χ2n) is 2.33. The summed E-state index contributed by atoms with van der Waals surface area (Å²) < 4.78 is 0. The number of aliphatic hydroxyl groups is 1. The van der Waals surface area contributed by atoms with Crippen molar-refractivity contribution in [2.24, 2.45) is 0 Å². The maximum atomic E-state index is 10.2. The molecule has 0 aromatic heterocycles. The Bertz CT molecular complexity index is 107. The molecule has 0 bridgehead atoms. The molecule has 0 saturated heterocycles. The van der Waals surface area contributed by atoms with Crippen LogP contribution < -0.4 is 0 Å². The predicted molar refractivity (Wildman–Crippen MR) is 33.2 cm³/mol. The van der Waals surface area contributed by atoms with Crippen molar-refractivity contribution in [3.05, 3.63) is 0 Å². The maximum Gasteiger partial charge on any atom is 0.335 e. The summed E-state index contributed by atoms with van der Waals surface area (Å²) in [6.45, 7) is 3.14. The van der Waals surface area contributed by atoms with Crippen molar-refractivity contribution < 1.29 is 15.0 Å². The fourth-order valence-corrected chi connectivity index (χ4v) is 0.594. The lowest BCUT2D eigenvalue weighted by molar-refractivity contribution is -0.157. The van der Waals surface area contributed by atoms with Gasteiger partial charge in [0.2, 0.25) is 0 Å². The highest BCUT2D eigenvalue weighted by atomic mass is 16.4. The van der Waals surface area contributed by atoms with Crippen LogP contribution in [0.5, 0.6) is 0 Å². The summed E-state index contributed by atoms with van der Waals surface area (Å²) in [5.41, 5.74) is -1.53. The minimum Gasteiger partial charge on any atom is -0.479 e. The molecule has 1 atom stereocenters. The predicted octanol–water partition coefficient (Wildman–Crippen LogP) is 0.622. The van der Waals surface area contributed by atoms with Gasteiger partial charge in [-0.05, 0) is 13.3 Å². The molecule has 0 heterocycles. The smallest absolute Gasteiger partial charge is 0.335 e. The highest BCUT2D eigenvalue weighted by Gasteiger charge is 2.27. The van der Waals surface area contributed by atoms with Crippen molar-refractivity contribution in [1.29, 1.82) is 0 Å². The number of rotatable bonds is 3. The summed E-state index contributed by atoms with van der Waals surface area (Å²) in [7, 11) is 0. The van der Waals surface area contributed by atoms with Crippen LogP contribution in [0, 0.1) is 0 Å². The van der Waals surface area contributed by atoms with Crippen LogP contribution in [0.15, 0.2) is 0 Å². The van der Waals surface area contributed by atoms with Crippen LogP contribution >= 0.6 is 0 Å². The first-order valence-electron chi connectivity index (χ1n) is 2.96. The zero-order valence-electron chi connectivity index (χ0n) is 5.72. The molecule has 0 aliphatic heterocycles. The van der Waals surface area contributed by atoms with E-state index in [4.69, 9.17) is 10.2 Å². The van der Waals surface area contributed by atoms with E-state index < -0.39 is 11.6 Å². The van der Waals surface area contributed by atoms with Gasteiger partial charge in [0.1, 0.15) is 0 Å². The molecule has 0 amide bonds. The zero-order valence-corrected chi connectivity index (χ0v) is 5.72. The van der Waals surface area contributed by atoms with Crippen LogP contribution in [-0.4, -0.2) is 21.8 Å². The zero-order chi connectivity index (χ0) is 7.49. The Labute approximate surface area is 54.3 Å². The lowest BCUT2D eigenvalue weighted by Gasteiger charge is -2.15. The normalized spacial score (nSPS) is 16.8. The average Bonchev–Trinajstić information content (AvgIpc) is 1.65. The van der Waals surface area contributed by atoms with Gasteiger partial charge in [0.05, 0.1) is 0 Å². The van der Waals surface area contributed by atoms with E-state index >= 15 is 0 Å². The van der Waals surface area contributed by atoms with Crippen molar-refractivity contribution in [3.63, 3.8) is 0 Å². The highest BCUT2D eigenvalue weighted by Crippen LogP contribution is 2.10. The standard InChI is InChI=1S/C6H12O3/c1-3-4-6(2,9)5(7)8/h9H,3-4H2,1-2H3,(H,7,8)/t6-/m1/s1. The lowest BCUT2D eigenvalue weighted by Crippen LogP contribution is -2.34. The molecule has 0 saturated carbocycles. The molecule has 2 N–H and O–H groups in total. The fourth-order valence-electron chi connectivity index (χ4n) is 0.594. The number of carboxylic acids is 1. The van der Waals surface area contributed by atoms with Gasteiger partial charge in [-0.1, -0.05) is 13.3 Å². The van der Waals surface area contributed by atoms with Gasteiger partial charge in [-0.25, -0.2) is 4.79 Å². The van der Waals surface area contributed by atoms with Gasteiger partial charge in [-0.15, -0.1) is 0 Å². The van der Waals surface area contributed by atoms with Crippen LogP contribution in [-0.2, 0) is 4.79 Å². The first-order chi connectivity index (χ1) is 4.00. The molecule has 9 heavy (non-hydrogen) atoms. The quantitative estimate of drug-likeness (QED) is 0.592. The number of hydrogen-bond acceptors (Lipinski definition) is 2. The third kappa shape index (κ3) is 2.46. The van der Waals surface area contributed by atoms with E-state index in [1.54, 1.807) is 0 Å². The SMILES string of the molecule is CCC[C@@](C)(O)C(=O)O. The van der Waals surface area contributed by atoms with Crippen molar-refractivity contribution in [2.75, 3.05) is 0 Å². The van der Waals surface area contributed by atoms with E-state index in [9.17, 15) is 4.79 Å². The van der Waals surface area contributed by atoms with E-state index in [1.165, 1.54) is 6.92 Å². The van der Waals surface area contributed by atoms with Crippen LogP contribution in [0.3, 0.4) is 0 Å². The fraction of sp³-hybridized carbons (Fsp3) is 0.833. The van der Waals surface area contributed by atoms with E-state index in [2.05, 4.69) is 0 Å². The molecule has 0 spiro atoms. The summed E-state index contributed by atoms with van der Waals surface area (Å²) in [6, 6.07) is 0. The second kappa shape index (κ2) is 2.82. The van der Waals surface area contributed by atoms with Gasteiger partial charge in [-0.3, -0.25) is 0 Å². The summed E-state index contributed by atoms with van der Waals surface area (Å²) in [6.07, 6.45) is 0.988. The first-order valence-corrected chi connectivity index (χ1v) is 2.96. The van der Waals surface area contributed by atoms with E-state index in [1.807, 2.05) is 6.92 Å². The summed E-state index contributed by atoms with van der Waals surface area (Å²) in [4.78, 5) is 10.2. The van der Waals surface area contributed by atoms with Crippen LogP contribution in [0.4, 0.5) is 0 Å². The van der Waals surface area contributed by atoms with Gasteiger partial charge >= 0.3 is 5.97 Å². The largest absolute Gasteiger partial charge is 0.479 e. The lowest BCUT2D eigenvalue weighted by atomic mass is 10.0. The second-order valence-corrected chi connectivity index (χ2v) is 2.33. The molecule has 0 fully saturated rings. The third-order valence-corrected chi connectivity index (χ3v) is 1.20. The van der Waals surface area contributed by atoms with Gasteiger partial charge in [0.15, 0.2) is 5.60 Å². The molecule has 3 heteroatoms. The van der Waals surface area contributed by atoms with Gasteiger partial charge in [0.25, 0.3) is 0 Å². The number of aliphatic carboxylic acids is 1. The summed E-state index contributed by atoms with van der Waals surface area (Å²) in [5.74, 6) is -1.15. The topological polar surface area (TPSA) is 57.5 Å². The van der Waals surface area contributed by atoms with E-state index in [0.29, 0.717) is 12.8 Å². The summed E-state index contributed by atoms with van der Waals surface area (Å²) in [5, 5.41) is 17.3. The number of carboxylic acid groups (broad SMARTS) is 1. The summed E-state index contributed by atoms with van der Waals surface area (Å²) >= 11 is 0. The van der Waals surface area contributed by atoms with Gasteiger partial charge in [-0.2, -0.15) is 0 Å². The third-order valence-electron chi connectivity index (χ3n) is 1.20. The number of hydrogen-bond donors (Lipinski definition) is 2. The molecule has 0 aliphatic carbocycles. The Kier molecular flexibility index (Phi) is 2.65. The molecular formula is C6H12O3. The maximum absolute atomic E-state index is 10.2. The van der Waals surface area contributed by atoms with Gasteiger partial charge < -0.3 is 10.2 Å². The van der Waals surface area contributed by atoms with Crippen LogP contribution in [0.1, 0.15) is 26.7 Å². The Morgan fingerprint density at radius 2 is 2.11 bits per heavy atom. The van der Waals surface area contributed by atoms with Crippen molar-refractivity contribution >= 4 is 5.97 Å². The Morgan fingerprint density at radius 3 is 2.22 bits per heavy atom. The molecular weight excluding hydrogens is 120 g/mol. The van der Waals surface area contributed by atoms with Crippen LogP contribution in [0.25, 0.3) is 0 Å². The molecule has 0 aromatic carbocycles. The molecule has 0 aromatic rings. The molecule has 0 radical (unpaired) electrons. The van der Waals surface area contributed by atoms with E-state index in [-0.39, 0.29) is 0 Å². The minimum absolute atomic E-state index is 0.308. The molecule has 0 rings (SSSR count). The average molecular weight is 132 g/mol. The molecule has 0 unspecified atom stereocenters. The van der Waals surface area contributed by atoms with Crippen molar-refractivity contribution in [1.82, 2.24) is 0 Å². The Morgan fingerprint density at radius 1 is 1.67 bits per heavy atom. The van der Waals surface area contributed by atoms with Crippen LogP contribution in [0.2, 0.25) is 0 Å². The Hall–Kier alpha value is -0.570. The monoisotopic (exact) mass is 132 g/mol. The van der Waals surface area contributed by atoms with Crippen molar-refractivity contribution in [2.45, 2.75) is 32.3 Å². The van der Waals surface area contributed by atoms with Gasteiger partial charge in [0, 0.05) is 0 Å². The Balaban J connectivity index is 3.85. The van der Waals surface area contributed by atoms with E-state index in [0.717, 1.165) is 0 Å². The van der Waals surface area contributed by atoms with Crippen molar-refractivity contribution in [3.8, 4) is 0 Å². The molecule has 0 aliphatic rings. The molecule has 54 valence electrons. The highest BCUT2D eigenvalue weighted by molar-refractivity contribution is 5.76. The first kappa shape index (κ1) is 8.43. The minimum atomic E-state index is -1.53. The number of carbonyl (C=O) groups is 1.